The molecule has 2 atom stereocenters. The van der Waals surface area contributed by atoms with Crippen molar-refractivity contribution in [1.29, 1.82) is 0 Å². The lowest BCUT2D eigenvalue weighted by molar-refractivity contribution is 0.0868. The lowest BCUT2D eigenvalue weighted by Crippen LogP contribution is -2.51. The number of rotatable bonds is 5. The fourth-order valence-electron chi connectivity index (χ4n) is 3.84. The fraction of sp³-hybridized carbons (Fsp3) is 1.00. The molecule has 19 heavy (non-hydrogen) atoms. The Morgan fingerprint density at radius 1 is 1.16 bits per heavy atom. The van der Waals surface area contributed by atoms with Gasteiger partial charge < -0.3 is 15.3 Å². The van der Waals surface area contributed by atoms with E-state index in [2.05, 4.69) is 15.1 Å². The summed E-state index contributed by atoms with van der Waals surface area (Å²) in [6, 6.07) is 0.683. The van der Waals surface area contributed by atoms with Crippen molar-refractivity contribution in [2.75, 3.05) is 46.4 Å². The minimum absolute atomic E-state index is 0.00415. The summed E-state index contributed by atoms with van der Waals surface area (Å²) in [6.07, 6.45) is 6.40. The maximum absolute atomic E-state index is 9.59. The lowest BCUT2D eigenvalue weighted by Gasteiger charge is -2.39. The van der Waals surface area contributed by atoms with Gasteiger partial charge in [0.25, 0.3) is 0 Å². The van der Waals surface area contributed by atoms with Gasteiger partial charge in [-0.2, -0.15) is 0 Å². The molecule has 3 fully saturated rings. The number of piperazine rings is 1. The van der Waals surface area contributed by atoms with Gasteiger partial charge in [-0.25, -0.2) is 0 Å². The van der Waals surface area contributed by atoms with Crippen LogP contribution in [-0.2, 0) is 0 Å². The standard InChI is InChI=1S/C15H29N3O/c1-16-15(12-19)5-4-14(10-15)18-8-6-17(7-9-18)11-13-2-3-13/h13-14,16,19H,2-12H2,1H3. The monoisotopic (exact) mass is 267 g/mol. The Balaban J connectivity index is 1.46. The van der Waals surface area contributed by atoms with Crippen LogP contribution < -0.4 is 5.32 Å². The summed E-state index contributed by atoms with van der Waals surface area (Å²) in [6.45, 7) is 6.57. The van der Waals surface area contributed by atoms with Gasteiger partial charge in [-0.3, -0.25) is 4.90 Å². The van der Waals surface area contributed by atoms with Gasteiger partial charge in [0.2, 0.25) is 0 Å². The molecule has 2 N–H and O–H groups in total. The molecule has 3 aliphatic rings. The van der Waals surface area contributed by atoms with E-state index in [1.165, 1.54) is 52.0 Å². The SMILES string of the molecule is CNC1(CO)CCC(N2CCN(CC3CC3)CC2)C1. The van der Waals surface area contributed by atoms with Crippen LogP contribution in [0.15, 0.2) is 0 Å². The molecule has 2 saturated carbocycles. The van der Waals surface area contributed by atoms with E-state index < -0.39 is 0 Å². The van der Waals surface area contributed by atoms with E-state index in [0.717, 1.165) is 18.8 Å². The van der Waals surface area contributed by atoms with Gasteiger partial charge in [-0.05, 0) is 45.1 Å². The number of aliphatic hydroxyl groups excluding tert-OH is 1. The Kier molecular flexibility index (Phi) is 4.13. The molecule has 0 spiro atoms. The fourth-order valence-corrected chi connectivity index (χ4v) is 3.84. The highest BCUT2D eigenvalue weighted by molar-refractivity contribution is 4.99. The molecule has 4 heteroatoms. The average molecular weight is 267 g/mol. The summed E-state index contributed by atoms with van der Waals surface area (Å²) in [5, 5.41) is 12.9. The van der Waals surface area contributed by atoms with Gasteiger partial charge in [0.05, 0.1) is 6.61 Å². The predicted octanol–water partition coefficient (Wildman–Crippen LogP) is 0.517. The van der Waals surface area contributed by atoms with E-state index in [9.17, 15) is 5.11 Å². The second-order valence-corrected chi connectivity index (χ2v) is 6.87. The van der Waals surface area contributed by atoms with Crippen molar-refractivity contribution in [3.8, 4) is 0 Å². The van der Waals surface area contributed by atoms with Crippen LogP contribution >= 0.6 is 0 Å². The molecular formula is C15H29N3O. The number of aliphatic hydroxyl groups is 1. The smallest absolute Gasteiger partial charge is 0.0613 e. The van der Waals surface area contributed by atoms with Crippen LogP contribution in [0.5, 0.6) is 0 Å². The zero-order valence-corrected chi connectivity index (χ0v) is 12.3. The van der Waals surface area contributed by atoms with Crippen molar-refractivity contribution in [3.63, 3.8) is 0 Å². The molecule has 3 rings (SSSR count). The molecule has 110 valence electrons. The number of likely N-dealkylation sites (N-methyl/N-ethyl adjacent to an activating group) is 1. The molecular weight excluding hydrogens is 238 g/mol. The summed E-state index contributed by atoms with van der Waals surface area (Å²) in [7, 11) is 1.99. The summed E-state index contributed by atoms with van der Waals surface area (Å²) in [4.78, 5) is 5.32. The van der Waals surface area contributed by atoms with Gasteiger partial charge in [-0.15, -0.1) is 0 Å². The van der Waals surface area contributed by atoms with E-state index >= 15 is 0 Å². The first-order chi connectivity index (χ1) is 9.24. The van der Waals surface area contributed by atoms with Crippen molar-refractivity contribution >= 4 is 0 Å². The first kappa shape index (κ1) is 13.8. The van der Waals surface area contributed by atoms with Gasteiger partial charge in [0.1, 0.15) is 0 Å². The largest absolute Gasteiger partial charge is 0.394 e. The summed E-state index contributed by atoms with van der Waals surface area (Å²) >= 11 is 0. The number of nitrogens with one attached hydrogen (secondary N) is 1. The average Bonchev–Trinajstić information content (AvgIpc) is 3.16. The van der Waals surface area contributed by atoms with Crippen molar-refractivity contribution < 1.29 is 5.11 Å². The van der Waals surface area contributed by atoms with Crippen LogP contribution in [0.2, 0.25) is 0 Å². The van der Waals surface area contributed by atoms with Gasteiger partial charge in [0, 0.05) is 44.3 Å². The molecule has 0 bridgehead atoms. The first-order valence-corrected chi connectivity index (χ1v) is 8.01. The molecule has 2 unspecified atom stereocenters. The highest BCUT2D eigenvalue weighted by atomic mass is 16.3. The Morgan fingerprint density at radius 2 is 1.89 bits per heavy atom. The van der Waals surface area contributed by atoms with Gasteiger partial charge >= 0.3 is 0 Å². The van der Waals surface area contributed by atoms with Crippen LogP contribution in [-0.4, -0.2) is 72.9 Å². The molecule has 1 heterocycles. The summed E-state index contributed by atoms with van der Waals surface area (Å²) in [5.74, 6) is 1.02. The Labute approximate surface area is 117 Å². The van der Waals surface area contributed by atoms with Crippen LogP contribution in [0.1, 0.15) is 32.1 Å². The predicted molar refractivity (Wildman–Crippen MR) is 77.3 cm³/mol. The molecule has 2 aliphatic carbocycles. The maximum atomic E-state index is 9.59. The number of hydrogen-bond acceptors (Lipinski definition) is 4. The molecule has 4 nitrogen and oxygen atoms in total. The zero-order valence-electron chi connectivity index (χ0n) is 12.3. The molecule has 0 aromatic rings. The normalized spacial score (nSPS) is 37.9. The number of hydrogen-bond donors (Lipinski definition) is 2. The molecule has 0 radical (unpaired) electrons. The quantitative estimate of drug-likeness (QED) is 0.762. The van der Waals surface area contributed by atoms with Crippen molar-refractivity contribution in [1.82, 2.24) is 15.1 Å². The van der Waals surface area contributed by atoms with Crippen LogP contribution in [0.25, 0.3) is 0 Å². The zero-order chi connectivity index (χ0) is 13.3. The summed E-state index contributed by atoms with van der Waals surface area (Å²) in [5.41, 5.74) is -0.00415. The van der Waals surface area contributed by atoms with Crippen molar-refractivity contribution in [2.24, 2.45) is 5.92 Å². The second kappa shape index (κ2) is 5.68. The van der Waals surface area contributed by atoms with E-state index in [0.29, 0.717) is 6.04 Å². The van der Waals surface area contributed by atoms with Crippen LogP contribution in [0.3, 0.4) is 0 Å². The minimum atomic E-state index is -0.00415. The Bertz CT molecular complexity index is 294. The van der Waals surface area contributed by atoms with E-state index in [1.807, 2.05) is 7.05 Å². The lowest BCUT2D eigenvalue weighted by atomic mass is 9.99. The third-order valence-corrected chi connectivity index (χ3v) is 5.55. The highest BCUT2D eigenvalue weighted by Gasteiger charge is 2.40. The summed E-state index contributed by atoms with van der Waals surface area (Å²) < 4.78 is 0. The van der Waals surface area contributed by atoms with Crippen molar-refractivity contribution in [3.05, 3.63) is 0 Å². The Hall–Kier alpha value is -0.160. The molecule has 0 aromatic carbocycles. The van der Waals surface area contributed by atoms with E-state index in [4.69, 9.17) is 0 Å². The Morgan fingerprint density at radius 3 is 2.42 bits per heavy atom. The third-order valence-electron chi connectivity index (χ3n) is 5.55. The second-order valence-electron chi connectivity index (χ2n) is 6.87. The topological polar surface area (TPSA) is 38.7 Å². The number of nitrogens with zero attached hydrogens (tertiary/aromatic N) is 2. The molecule has 0 aromatic heterocycles. The van der Waals surface area contributed by atoms with Gasteiger partial charge in [0.15, 0.2) is 0 Å². The highest BCUT2D eigenvalue weighted by Crippen LogP contribution is 2.34. The molecule has 1 aliphatic heterocycles. The van der Waals surface area contributed by atoms with E-state index in [1.54, 1.807) is 0 Å². The maximum Gasteiger partial charge on any atom is 0.0613 e. The van der Waals surface area contributed by atoms with Gasteiger partial charge in [-0.1, -0.05) is 0 Å². The van der Waals surface area contributed by atoms with Crippen molar-refractivity contribution in [2.45, 2.75) is 43.7 Å². The van der Waals surface area contributed by atoms with Crippen LogP contribution in [0.4, 0.5) is 0 Å². The first-order valence-electron chi connectivity index (χ1n) is 8.01. The minimum Gasteiger partial charge on any atom is -0.394 e. The van der Waals surface area contributed by atoms with E-state index in [-0.39, 0.29) is 12.1 Å². The van der Waals surface area contributed by atoms with Crippen LogP contribution in [0, 0.1) is 5.92 Å². The molecule has 1 saturated heterocycles. The molecule has 0 amide bonds. The third kappa shape index (κ3) is 3.13.